The number of nitrogens with zero attached hydrogens (tertiary/aromatic N) is 1. The highest BCUT2D eigenvalue weighted by atomic mass is 19.1. The molecule has 0 aliphatic heterocycles. The minimum atomic E-state index is -1.19. The third-order valence-corrected chi connectivity index (χ3v) is 2.87. The number of nitrogens with two attached hydrogens (primary N) is 1. The zero-order valence-corrected chi connectivity index (χ0v) is 10.9. The highest BCUT2D eigenvalue weighted by Gasteiger charge is 2.19. The van der Waals surface area contributed by atoms with Gasteiger partial charge in [0, 0.05) is 0 Å². The number of benzene rings is 1. The highest BCUT2D eigenvalue weighted by molar-refractivity contribution is 5.77. The van der Waals surface area contributed by atoms with Crippen LogP contribution in [0.4, 0.5) is 10.3 Å². The van der Waals surface area contributed by atoms with Crippen LogP contribution in [0, 0.1) is 0 Å². The topological polar surface area (TPSA) is 70.5 Å². The number of aromatic nitrogens is 1. The average molecular weight is 266 g/mol. The second-order valence-electron chi connectivity index (χ2n) is 4.01. The van der Waals surface area contributed by atoms with Gasteiger partial charge in [-0.15, -0.1) is 0 Å². The van der Waals surface area contributed by atoms with Crippen molar-refractivity contribution in [3.8, 4) is 22.6 Å². The molecule has 0 saturated carbocycles. The molecule has 2 aromatic rings. The summed E-state index contributed by atoms with van der Waals surface area (Å²) in [5.41, 5.74) is 7.22. The molecule has 0 spiro atoms. The summed E-state index contributed by atoms with van der Waals surface area (Å²) in [7, 11) is 3.01. The van der Waals surface area contributed by atoms with Crippen molar-refractivity contribution in [2.45, 2.75) is 13.1 Å². The summed E-state index contributed by atoms with van der Waals surface area (Å²) < 4.78 is 29.0. The quantitative estimate of drug-likeness (QED) is 0.921. The zero-order valence-electron chi connectivity index (χ0n) is 10.9. The van der Waals surface area contributed by atoms with Crippen molar-refractivity contribution < 1.29 is 18.4 Å². The summed E-state index contributed by atoms with van der Waals surface area (Å²) in [6, 6.07) is 3.25. The van der Waals surface area contributed by atoms with E-state index < -0.39 is 6.17 Å². The predicted molar refractivity (Wildman–Crippen MR) is 69.0 cm³/mol. The molecule has 0 amide bonds. The number of rotatable bonds is 4. The second-order valence-corrected chi connectivity index (χ2v) is 4.01. The summed E-state index contributed by atoms with van der Waals surface area (Å²) >= 11 is 0. The van der Waals surface area contributed by atoms with E-state index in [2.05, 4.69) is 5.16 Å². The lowest BCUT2D eigenvalue weighted by molar-refractivity contribution is 0.347. The van der Waals surface area contributed by atoms with E-state index in [-0.39, 0.29) is 5.88 Å². The Bertz CT molecular complexity index is 581. The van der Waals surface area contributed by atoms with E-state index in [9.17, 15) is 4.39 Å². The van der Waals surface area contributed by atoms with E-state index in [0.717, 1.165) is 0 Å². The SMILES string of the molecule is COc1cc(-c2cnoc2N)c(C(C)F)cc1OC. The number of nitrogen functional groups attached to an aromatic ring is 1. The Kier molecular flexibility index (Phi) is 3.59. The summed E-state index contributed by atoms with van der Waals surface area (Å²) in [6.45, 7) is 1.44. The fourth-order valence-corrected chi connectivity index (χ4v) is 1.91. The van der Waals surface area contributed by atoms with Crippen LogP contribution in [0.15, 0.2) is 22.9 Å². The standard InChI is InChI=1S/C13H15FN2O3/c1-7(14)8-4-11(17-2)12(18-3)5-9(8)10-6-16-19-13(10)15/h4-7H,15H2,1-3H3. The van der Waals surface area contributed by atoms with Crippen LogP contribution in [-0.2, 0) is 0 Å². The Morgan fingerprint density at radius 1 is 1.21 bits per heavy atom. The molecule has 1 unspecified atom stereocenters. The average Bonchev–Trinajstić information content (AvgIpc) is 2.83. The molecule has 1 aromatic carbocycles. The molecule has 5 nitrogen and oxygen atoms in total. The van der Waals surface area contributed by atoms with Crippen LogP contribution < -0.4 is 15.2 Å². The summed E-state index contributed by atoms with van der Waals surface area (Å²) in [5, 5.41) is 3.60. The van der Waals surface area contributed by atoms with Crippen molar-refractivity contribution >= 4 is 5.88 Å². The minimum absolute atomic E-state index is 0.133. The van der Waals surface area contributed by atoms with E-state index in [1.165, 1.54) is 27.3 Å². The lowest BCUT2D eigenvalue weighted by Crippen LogP contribution is -1.98. The maximum absolute atomic E-state index is 13.8. The van der Waals surface area contributed by atoms with E-state index >= 15 is 0 Å². The number of ether oxygens (including phenoxy) is 2. The summed E-state index contributed by atoms with van der Waals surface area (Å²) in [5.74, 6) is 1.08. The first-order chi connectivity index (χ1) is 9.08. The molecule has 19 heavy (non-hydrogen) atoms. The smallest absolute Gasteiger partial charge is 0.229 e. The molecule has 0 fully saturated rings. The normalized spacial score (nSPS) is 12.2. The first-order valence-corrected chi connectivity index (χ1v) is 5.69. The molecule has 2 rings (SSSR count). The lowest BCUT2D eigenvalue weighted by atomic mass is 9.98. The molecule has 102 valence electrons. The van der Waals surface area contributed by atoms with Gasteiger partial charge in [-0.25, -0.2) is 4.39 Å². The molecule has 6 heteroatoms. The van der Waals surface area contributed by atoms with Crippen LogP contribution in [0.25, 0.3) is 11.1 Å². The molecule has 1 heterocycles. The number of hydrogen-bond acceptors (Lipinski definition) is 5. The van der Waals surface area contributed by atoms with Gasteiger partial charge in [0.15, 0.2) is 11.5 Å². The van der Waals surface area contributed by atoms with E-state index in [4.69, 9.17) is 19.7 Å². The van der Waals surface area contributed by atoms with Crippen molar-refractivity contribution in [1.82, 2.24) is 5.16 Å². The molecule has 0 radical (unpaired) electrons. The Labute approximate surface area is 110 Å². The third-order valence-electron chi connectivity index (χ3n) is 2.87. The Morgan fingerprint density at radius 3 is 2.32 bits per heavy atom. The van der Waals surface area contributed by atoms with Gasteiger partial charge >= 0.3 is 0 Å². The molecule has 1 atom stereocenters. The Hall–Kier alpha value is -2.24. The van der Waals surface area contributed by atoms with Crippen molar-refractivity contribution in [3.63, 3.8) is 0 Å². The number of alkyl halides is 1. The number of anilines is 1. The van der Waals surface area contributed by atoms with Crippen LogP contribution in [0.2, 0.25) is 0 Å². The monoisotopic (exact) mass is 266 g/mol. The van der Waals surface area contributed by atoms with Crippen LogP contribution >= 0.6 is 0 Å². The predicted octanol–water partition coefficient (Wildman–Crippen LogP) is 2.97. The molecule has 0 aliphatic rings. The Balaban J connectivity index is 2.68. The number of halogens is 1. The van der Waals surface area contributed by atoms with Crippen LogP contribution in [0.5, 0.6) is 11.5 Å². The molecular formula is C13H15FN2O3. The van der Waals surface area contributed by atoms with Gasteiger partial charge in [-0.05, 0) is 30.2 Å². The van der Waals surface area contributed by atoms with Gasteiger partial charge in [0.1, 0.15) is 6.17 Å². The van der Waals surface area contributed by atoms with Crippen LogP contribution in [-0.4, -0.2) is 19.4 Å². The number of methoxy groups -OCH3 is 2. The Morgan fingerprint density at radius 2 is 1.84 bits per heavy atom. The fourth-order valence-electron chi connectivity index (χ4n) is 1.91. The van der Waals surface area contributed by atoms with Gasteiger partial charge in [0.2, 0.25) is 5.88 Å². The van der Waals surface area contributed by atoms with Crippen LogP contribution in [0.3, 0.4) is 0 Å². The van der Waals surface area contributed by atoms with Gasteiger partial charge in [0.25, 0.3) is 0 Å². The molecule has 1 aromatic heterocycles. The lowest BCUT2D eigenvalue weighted by Gasteiger charge is -2.15. The second kappa shape index (κ2) is 5.17. The molecule has 0 aliphatic carbocycles. The highest BCUT2D eigenvalue weighted by Crippen LogP contribution is 2.40. The van der Waals surface area contributed by atoms with Gasteiger partial charge in [-0.3, -0.25) is 0 Å². The maximum atomic E-state index is 13.8. The minimum Gasteiger partial charge on any atom is -0.493 e. The van der Waals surface area contributed by atoms with Crippen molar-refractivity contribution in [3.05, 3.63) is 23.9 Å². The van der Waals surface area contributed by atoms with Crippen LogP contribution in [0.1, 0.15) is 18.7 Å². The van der Waals surface area contributed by atoms with Crippen molar-refractivity contribution in [2.75, 3.05) is 20.0 Å². The molecular weight excluding hydrogens is 251 g/mol. The van der Waals surface area contributed by atoms with Gasteiger partial charge in [-0.2, -0.15) is 0 Å². The van der Waals surface area contributed by atoms with Crippen molar-refractivity contribution in [1.29, 1.82) is 0 Å². The summed E-state index contributed by atoms with van der Waals surface area (Å²) in [6.07, 6.45) is 0.256. The zero-order chi connectivity index (χ0) is 14.0. The largest absolute Gasteiger partial charge is 0.493 e. The molecule has 0 saturated heterocycles. The van der Waals surface area contributed by atoms with Gasteiger partial charge in [-0.1, -0.05) is 5.16 Å². The third kappa shape index (κ3) is 2.33. The van der Waals surface area contributed by atoms with Gasteiger partial charge < -0.3 is 19.7 Å². The maximum Gasteiger partial charge on any atom is 0.229 e. The fraction of sp³-hybridized carbons (Fsp3) is 0.308. The molecule has 0 bridgehead atoms. The number of hydrogen-bond donors (Lipinski definition) is 1. The first-order valence-electron chi connectivity index (χ1n) is 5.69. The van der Waals surface area contributed by atoms with Crippen molar-refractivity contribution in [2.24, 2.45) is 0 Å². The van der Waals surface area contributed by atoms with E-state index in [1.807, 2.05) is 0 Å². The van der Waals surface area contributed by atoms with E-state index in [0.29, 0.717) is 28.2 Å². The first kappa shape index (κ1) is 13.2. The van der Waals surface area contributed by atoms with E-state index in [1.54, 1.807) is 12.1 Å². The molecule has 2 N–H and O–H groups in total. The summed E-state index contributed by atoms with van der Waals surface area (Å²) in [4.78, 5) is 0. The van der Waals surface area contributed by atoms with Gasteiger partial charge in [0.05, 0.1) is 26.0 Å².